The average molecular weight is 381 g/mol. The molecule has 0 radical (unpaired) electrons. The minimum Gasteiger partial charge on any atom is -0.203 e. The molecule has 1 atom stereocenters. The molecule has 0 saturated carbocycles. The summed E-state index contributed by atoms with van der Waals surface area (Å²) in [7, 11) is 0. The predicted molar refractivity (Wildman–Crippen MR) is 114 cm³/mol. The van der Waals surface area contributed by atoms with Gasteiger partial charge in [0.05, 0.1) is 0 Å². The van der Waals surface area contributed by atoms with E-state index in [1.807, 2.05) is 31.2 Å². The smallest absolute Gasteiger partial charge is 0.166 e. The van der Waals surface area contributed by atoms with E-state index in [1.165, 1.54) is 25.7 Å². The fourth-order valence-corrected chi connectivity index (χ4v) is 3.90. The largest absolute Gasteiger partial charge is 0.203 e. The molecule has 1 aliphatic carbocycles. The SMILES string of the molecule is CCCC1=CCC(/C=C/CCc2ccc(-c3ccc(C)cc3)c(F)c2F)CC1. The Hall–Kier alpha value is -2.22. The van der Waals surface area contributed by atoms with Crippen LogP contribution in [0.15, 0.2) is 60.2 Å². The van der Waals surface area contributed by atoms with E-state index in [0.29, 0.717) is 29.0 Å². The molecule has 1 unspecified atom stereocenters. The van der Waals surface area contributed by atoms with E-state index in [1.54, 1.807) is 17.7 Å². The van der Waals surface area contributed by atoms with Gasteiger partial charge < -0.3 is 0 Å². The summed E-state index contributed by atoms with van der Waals surface area (Å²) < 4.78 is 29.1. The summed E-state index contributed by atoms with van der Waals surface area (Å²) in [5.41, 5.74) is 4.18. The lowest BCUT2D eigenvalue weighted by Crippen LogP contribution is -2.03. The van der Waals surface area contributed by atoms with Crippen molar-refractivity contribution >= 4 is 0 Å². The van der Waals surface area contributed by atoms with Crippen LogP contribution in [0.3, 0.4) is 0 Å². The van der Waals surface area contributed by atoms with Gasteiger partial charge in [-0.3, -0.25) is 0 Å². The topological polar surface area (TPSA) is 0 Å². The number of hydrogen-bond acceptors (Lipinski definition) is 0. The Morgan fingerprint density at radius 1 is 1.00 bits per heavy atom. The highest BCUT2D eigenvalue weighted by molar-refractivity contribution is 5.65. The van der Waals surface area contributed by atoms with Crippen LogP contribution >= 0.6 is 0 Å². The van der Waals surface area contributed by atoms with Crippen molar-refractivity contribution in [2.45, 2.75) is 58.8 Å². The fourth-order valence-electron chi connectivity index (χ4n) is 3.90. The summed E-state index contributed by atoms with van der Waals surface area (Å²) >= 11 is 0. The van der Waals surface area contributed by atoms with Crippen LogP contribution in [0, 0.1) is 24.5 Å². The number of benzene rings is 2. The Labute approximate surface area is 168 Å². The predicted octanol–water partition coefficient (Wildman–Crippen LogP) is 7.96. The summed E-state index contributed by atoms with van der Waals surface area (Å²) in [4.78, 5) is 0. The summed E-state index contributed by atoms with van der Waals surface area (Å²) in [6, 6.07) is 10.9. The number of rotatable bonds is 7. The molecule has 0 nitrogen and oxygen atoms in total. The molecular weight excluding hydrogens is 350 g/mol. The van der Waals surface area contributed by atoms with Gasteiger partial charge in [-0.05, 0) is 62.5 Å². The second-order valence-electron chi connectivity index (χ2n) is 7.88. The summed E-state index contributed by atoms with van der Waals surface area (Å²) in [6.45, 7) is 4.20. The molecule has 0 amide bonds. The van der Waals surface area contributed by atoms with E-state index in [9.17, 15) is 8.78 Å². The zero-order valence-electron chi connectivity index (χ0n) is 17.0. The number of allylic oxidation sites excluding steroid dienone is 4. The Morgan fingerprint density at radius 3 is 2.46 bits per heavy atom. The van der Waals surface area contributed by atoms with Gasteiger partial charge in [-0.2, -0.15) is 0 Å². The molecule has 148 valence electrons. The van der Waals surface area contributed by atoms with Crippen LogP contribution in [0.2, 0.25) is 0 Å². The molecule has 0 aliphatic heterocycles. The van der Waals surface area contributed by atoms with E-state index >= 15 is 0 Å². The first-order valence-electron chi connectivity index (χ1n) is 10.5. The van der Waals surface area contributed by atoms with Gasteiger partial charge in [0, 0.05) is 5.56 Å². The number of halogens is 2. The van der Waals surface area contributed by atoms with Gasteiger partial charge in [0.25, 0.3) is 0 Å². The average Bonchev–Trinajstić information content (AvgIpc) is 2.71. The molecule has 0 bridgehead atoms. The fraction of sp³-hybridized carbons (Fsp3) is 0.385. The lowest BCUT2D eigenvalue weighted by Gasteiger charge is -2.18. The second kappa shape index (κ2) is 9.82. The molecule has 28 heavy (non-hydrogen) atoms. The third kappa shape index (κ3) is 5.19. The number of hydrogen-bond donors (Lipinski definition) is 0. The monoisotopic (exact) mass is 380 g/mol. The molecule has 0 spiro atoms. The van der Waals surface area contributed by atoms with Crippen LogP contribution in [0.25, 0.3) is 11.1 Å². The van der Waals surface area contributed by atoms with E-state index in [-0.39, 0.29) is 0 Å². The van der Waals surface area contributed by atoms with Crippen molar-refractivity contribution < 1.29 is 8.78 Å². The maximum atomic E-state index is 14.5. The van der Waals surface area contributed by atoms with Gasteiger partial charge in [0.2, 0.25) is 0 Å². The molecule has 3 rings (SSSR count). The lowest BCUT2D eigenvalue weighted by atomic mass is 9.87. The van der Waals surface area contributed by atoms with E-state index in [2.05, 4.69) is 25.2 Å². The normalized spacial score (nSPS) is 17.1. The maximum Gasteiger partial charge on any atom is 0.166 e. The van der Waals surface area contributed by atoms with Gasteiger partial charge in [0.15, 0.2) is 11.6 Å². The Balaban J connectivity index is 1.58. The molecule has 0 saturated heterocycles. The quantitative estimate of drug-likeness (QED) is 0.427. The molecule has 0 aromatic heterocycles. The van der Waals surface area contributed by atoms with Crippen LogP contribution in [-0.4, -0.2) is 0 Å². The van der Waals surface area contributed by atoms with Crippen molar-refractivity contribution in [1.29, 1.82) is 0 Å². The van der Waals surface area contributed by atoms with Crippen LogP contribution in [0.4, 0.5) is 8.78 Å². The lowest BCUT2D eigenvalue weighted by molar-refractivity contribution is 0.501. The summed E-state index contributed by atoms with van der Waals surface area (Å²) in [5, 5.41) is 0. The second-order valence-corrected chi connectivity index (χ2v) is 7.88. The summed E-state index contributed by atoms with van der Waals surface area (Å²) in [5.74, 6) is -0.867. The molecule has 2 aromatic rings. The third-order valence-electron chi connectivity index (χ3n) is 5.63. The van der Waals surface area contributed by atoms with Gasteiger partial charge in [-0.15, -0.1) is 0 Å². The highest BCUT2D eigenvalue weighted by Crippen LogP contribution is 2.29. The molecule has 1 aliphatic rings. The van der Waals surface area contributed by atoms with Crippen molar-refractivity contribution in [2.75, 3.05) is 0 Å². The van der Waals surface area contributed by atoms with Crippen LogP contribution in [0.5, 0.6) is 0 Å². The maximum absolute atomic E-state index is 14.5. The molecule has 2 heteroatoms. The molecule has 0 N–H and O–H groups in total. The van der Waals surface area contributed by atoms with Crippen LogP contribution < -0.4 is 0 Å². The Morgan fingerprint density at radius 2 is 1.79 bits per heavy atom. The minimum absolute atomic E-state index is 0.327. The van der Waals surface area contributed by atoms with Crippen molar-refractivity contribution in [1.82, 2.24) is 0 Å². The van der Waals surface area contributed by atoms with E-state index < -0.39 is 11.6 Å². The molecule has 2 aromatic carbocycles. The zero-order chi connectivity index (χ0) is 19.9. The van der Waals surface area contributed by atoms with Gasteiger partial charge in [-0.1, -0.05) is 79.1 Å². The third-order valence-corrected chi connectivity index (χ3v) is 5.63. The molecular formula is C26H30F2. The van der Waals surface area contributed by atoms with E-state index in [0.717, 1.165) is 18.4 Å². The highest BCUT2D eigenvalue weighted by atomic mass is 19.2. The molecule has 0 fully saturated rings. The van der Waals surface area contributed by atoms with Crippen molar-refractivity contribution in [3.63, 3.8) is 0 Å². The van der Waals surface area contributed by atoms with Gasteiger partial charge >= 0.3 is 0 Å². The van der Waals surface area contributed by atoms with Crippen molar-refractivity contribution in [2.24, 2.45) is 5.92 Å². The standard InChI is InChI=1S/C26H30F2/c1-3-6-20-11-13-21(14-12-20)7-4-5-8-23-17-18-24(26(28)25(23)27)22-15-9-19(2)10-16-22/h4,7,9-11,15-18,21H,3,5-6,8,12-14H2,1-2H3/b7-4+. The van der Waals surface area contributed by atoms with Crippen LogP contribution in [0.1, 0.15) is 56.6 Å². The first kappa shape index (κ1) is 20.5. The first-order chi connectivity index (χ1) is 13.6. The minimum atomic E-state index is -0.744. The first-order valence-corrected chi connectivity index (χ1v) is 10.5. The van der Waals surface area contributed by atoms with Gasteiger partial charge in [0.1, 0.15) is 0 Å². The van der Waals surface area contributed by atoms with Crippen molar-refractivity contribution in [3.8, 4) is 11.1 Å². The Bertz CT molecular complexity index is 843. The Kier molecular flexibility index (Phi) is 7.19. The molecule has 0 heterocycles. The van der Waals surface area contributed by atoms with E-state index in [4.69, 9.17) is 0 Å². The van der Waals surface area contributed by atoms with Gasteiger partial charge in [-0.25, -0.2) is 8.78 Å². The highest BCUT2D eigenvalue weighted by Gasteiger charge is 2.14. The zero-order valence-corrected chi connectivity index (χ0v) is 17.0. The van der Waals surface area contributed by atoms with Crippen LogP contribution in [-0.2, 0) is 6.42 Å². The summed E-state index contributed by atoms with van der Waals surface area (Å²) in [6.07, 6.45) is 14.0. The number of aryl methyl sites for hydroxylation is 2. The van der Waals surface area contributed by atoms with Crippen molar-refractivity contribution in [3.05, 3.63) is 83.0 Å².